The Morgan fingerprint density at radius 2 is 2.05 bits per heavy atom. The molecule has 20 heavy (non-hydrogen) atoms. The molecule has 5 nitrogen and oxygen atoms in total. The van der Waals surface area contributed by atoms with Gasteiger partial charge in [-0.15, -0.1) is 0 Å². The minimum Gasteiger partial charge on any atom is -0.497 e. The fourth-order valence-electron chi connectivity index (χ4n) is 2.62. The third-order valence-electron chi connectivity index (χ3n) is 3.65. The van der Waals surface area contributed by atoms with Crippen LogP contribution in [0.4, 0.5) is 0 Å². The van der Waals surface area contributed by atoms with Crippen molar-refractivity contribution in [2.24, 2.45) is 5.73 Å². The molecule has 1 fully saturated rings. The lowest BCUT2D eigenvalue weighted by Gasteiger charge is -2.16. The number of ether oxygens (including phenoxy) is 1. The molecule has 0 amide bonds. The van der Waals surface area contributed by atoms with Gasteiger partial charge in [-0.25, -0.2) is 13.1 Å². The second-order valence-corrected chi connectivity index (χ2v) is 6.80. The zero-order valence-electron chi connectivity index (χ0n) is 11.8. The summed E-state index contributed by atoms with van der Waals surface area (Å²) in [7, 11) is -1.92. The summed E-state index contributed by atoms with van der Waals surface area (Å²) in [6, 6.07) is 5.08. The molecule has 0 radical (unpaired) electrons. The Morgan fingerprint density at radius 3 is 2.65 bits per heavy atom. The van der Waals surface area contributed by atoms with Crippen molar-refractivity contribution in [2.45, 2.75) is 43.0 Å². The quantitative estimate of drug-likeness (QED) is 0.832. The lowest BCUT2D eigenvalue weighted by molar-refractivity contribution is 0.413. The third kappa shape index (κ3) is 3.50. The fourth-order valence-corrected chi connectivity index (χ4v) is 4.18. The molecule has 0 spiro atoms. The molecule has 1 aliphatic carbocycles. The van der Waals surface area contributed by atoms with E-state index in [0.717, 1.165) is 25.7 Å². The maximum Gasteiger partial charge on any atom is 0.241 e. The number of methoxy groups -OCH3 is 1. The summed E-state index contributed by atoms with van der Waals surface area (Å²) in [6.45, 7) is 0.402. The molecule has 2 rings (SSSR count). The lowest BCUT2D eigenvalue weighted by atomic mass is 10.1. The van der Waals surface area contributed by atoms with Gasteiger partial charge in [0.25, 0.3) is 0 Å². The van der Waals surface area contributed by atoms with Crippen molar-refractivity contribution < 1.29 is 13.2 Å². The van der Waals surface area contributed by atoms with Crippen LogP contribution in [0, 0.1) is 0 Å². The van der Waals surface area contributed by atoms with Gasteiger partial charge in [-0.2, -0.15) is 0 Å². The first-order chi connectivity index (χ1) is 9.56. The van der Waals surface area contributed by atoms with E-state index in [9.17, 15) is 8.42 Å². The zero-order chi connectivity index (χ0) is 14.6. The smallest absolute Gasteiger partial charge is 0.241 e. The number of nitrogens with two attached hydrogens (primary N) is 1. The maximum absolute atomic E-state index is 12.5. The fraction of sp³-hybridized carbons (Fsp3) is 0.571. The Hall–Kier alpha value is -1.11. The average molecular weight is 298 g/mol. The van der Waals surface area contributed by atoms with Crippen molar-refractivity contribution in [1.29, 1.82) is 0 Å². The molecule has 3 N–H and O–H groups in total. The van der Waals surface area contributed by atoms with Crippen molar-refractivity contribution in [3.8, 4) is 5.75 Å². The van der Waals surface area contributed by atoms with E-state index in [1.807, 2.05) is 0 Å². The molecule has 0 aromatic heterocycles. The van der Waals surface area contributed by atoms with E-state index in [2.05, 4.69) is 4.72 Å². The molecule has 1 aliphatic rings. The highest BCUT2D eigenvalue weighted by atomic mass is 32.2. The van der Waals surface area contributed by atoms with Crippen LogP contribution >= 0.6 is 0 Å². The van der Waals surface area contributed by atoms with Crippen LogP contribution in [0.2, 0.25) is 0 Å². The minimum atomic E-state index is -3.48. The molecule has 1 saturated carbocycles. The second kappa shape index (κ2) is 6.56. The highest BCUT2D eigenvalue weighted by molar-refractivity contribution is 7.89. The molecule has 0 bridgehead atoms. The Balaban J connectivity index is 2.29. The SMILES string of the molecule is COc1ccc(S(=O)(=O)NC2CCCC2)c(CCN)c1. The number of sulfonamides is 1. The maximum atomic E-state index is 12.5. The van der Waals surface area contributed by atoms with Crippen LogP contribution in [0.25, 0.3) is 0 Å². The monoisotopic (exact) mass is 298 g/mol. The van der Waals surface area contributed by atoms with Gasteiger partial charge < -0.3 is 10.5 Å². The summed E-state index contributed by atoms with van der Waals surface area (Å²) < 4.78 is 32.9. The molecule has 1 aromatic rings. The van der Waals surface area contributed by atoms with Gasteiger partial charge in [0.1, 0.15) is 5.75 Å². The van der Waals surface area contributed by atoms with Crippen LogP contribution in [0.1, 0.15) is 31.2 Å². The van der Waals surface area contributed by atoms with Crippen LogP contribution in [0.3, 0.4) is 0 Å². The molecule has 0 unspecified atom stereocenters. The summed E-state index contributed by atoms with van der Waals surface area (Å²) in [5.41, 5.74) is 6.28. The minimum absolute atomic E-state index is 0.0628. The Morgan fingerprint density at radius 1 is 1.35 bits per heavy atom. The predicted molar refractivity (Wildman–Crippen MR) is 78.3 cm³/mol. The summed E-state index contributed by atoms with van der Waals surface area (Å²) in [4.78, 5) is 0.315. The van der Waals surface area contributed by atoms with Crippen LogP contribution < -0.4 is 15.2 Å². The van der Waals surface area contributed by atoms with E-state index in [4.69, 9.17) is 10.5 Å². The van der Waals surface area contributed by atoms with Gasteiger partial charge >= 0.3 is 0 Å². The highest BCUT2D eigenvalue weighted by Crippen LogP contribution is 2.25. The van der Waals surface area contributed by atoms with Crippen LogP contribution in [0.15, 0.2) is 23.1 Å². The molecule has 0 atom stereocenters. The van der Waals surface area contributed by atoms with Gasteiger partial charge in [-0.05, 0) is 49.6 Å². The van der Waals surface area contributed by atoms with Crippen molar-refractivity contribution in [2.75, 3.05) is 13.7 Å². The topological polar surface area (TPSA) is 81.4 Å². The standard InChI is InChI=1S/C14H22N2O3S/c1-19-13-6-7-14(11(10-13)8-9-15)20(17,18)16-12-4-2-3-5-12/h6-7,10,12,16H,2-5,8-9,15H2,1H3. The number of rotatable bonds is 6. The zero-order valence-corrected chi connectivity index (χ0v) is 12.6. The summed E-state index contributed by atoms with van der Waals surface area (Å²) in [6.07, 6.45) is 4.53. The third-order valence-corrected chi connectivity index (χ3v) is 5.27. The number of nitrogens with one attached hydrogen (secondary N) is 1. The molecular formula is C14H22N2O3S. The van der Waals surface area contributed by atoms with Crippen molar-refractivity contribution in [1.82, 2.24) is 4.72 Å². The van der Waals surface area contributed by atoms with E-state index in [-0.39, 0.29) is 6.04 Å². The van der Waals surface area contributed by atoms with E-state index >= 15 is 0 Å². The molecule has 0 aliphatic heterocycles. The Kier molecular flexibility index (Phi) is 5.01. The van der Waals surface area contributed by atoms with Crippen molar-refractivity contribution in [3.63, 3.8) is 0 Å². The first kappa shape index (κ1) is 15.3. The highest BCUT2D eigenvalue weighted by Gasteiger charge is 2.24. The summed E-state index contributed by atoms with van der Waals surface area (Å²) in [5, 5.41) is 0. The van der Waals surface area contributed by atoms with Gasteiger partial charge in [0.2, 0.25) is 10.0 Å². The largest absolute Gasteiger partial charge is 0.497 e. The molecule has 6 heteroatoms. The van der Waals surface area contributed by atoms with Crippen LogP contribution in [-0.4, -0.2) is 28.1 Å². The lowest BCUT2D eigenvalue weighted by Crippen LogP contribution is -2.33. The van der Waals surface area contributed by atoms with E-state index in [1.54, 1.807) is 25.3 Å². The number of benzene rings is 1. The Labute approximate surface area is 120 Å². The first-order valence-corrected chi connectivity index (χ1v) is 8.44. The summed E-state index contributed by atoms with van der Waals surface area (Å²) >= 11 is 0. The predicted octanol–water partition coefficient (Wildman–Crippen LogP) is 1.42. The van der Waals surface area contributed by atoms with Gasteiger partial charge in [-0.1, -0.05) is 12.8 Å². The number of hydrogen-bond donors (Lipinski definition) is 2. The van der Waals surface area contributed by atoms with Crippen LogP contribution in [0.5, 0.6) is 5.75 Å². The van der Waals surface area contributed by atoms with Crippen molar-refractivity contribution >= 4 is 10.0 Å². The van der Waals surface area contributed by atoms with Gasteiger partial charge in [-0.3, -0.25) is 0 Å². The number of hydrogen-bond acceptors (Lipinski definition) is 4. The molecule has 112 valence electrons. The molecule has 1 aromatic carbocycles. The van der Waals surface area contributed by atoms with E-state index < -0.39 is 10.0 Å². The van der Waals surface area contributed by atoms with Crippen LogP contribution in [-0.2, 0) is 16.4 Å². The summed E-state index contributed by atoms with van der Waals surface area (Å²) in [5.74, 6) is 0.647. The van der Waals surface area contributed by atoms with E-state index in [1.165, 1.54) is 0 Å². The first-order valence-electron chi connectivity index (χ1n) is 6.96. The molecule has 0 saturated heterocycles. The molecular weight excluding hydrogens is 276 g/mol. The second-order valence-electron chi connectivity index (χ2n) is 5.11. The van der Waals surface area contributed by atoms with Crippen molar-refractivity contribution in [3.05, 3.63) is 23.8 Å². The average Bonchev–Trinajstić information content (AvgIpc) is 2.91. The normalized spacial score (nSPS) is 16.5. The Bertz CT molecular complexity index is 552. The van der Waals surface area contributed by atoms with Gasteiger partial charge in [0, 0.05) is 6.04 Å². The van der Waals surface area contributed by atoms with E-state index in [0.29, 0.717) is 29.2 Å². The molecule has 0 heterocycles. The van der Waals surface area contributed by atoms with Gasteiger partial charge in [0.05, 0.1) is 12.0 Å². The van der Waals surface area contributed by atoms with Gasteiger partial charge in [0.15, 0.2) is 0 Å².